The van der Waals surface area contributed by atoms with Crippen molar-refractivity contribution in [3.63, 3.8) is 0 Å². The van der Waals surface area contributed by atoms with E-state index in [2.05, 4.69) is 0 Å². The zero-order valence-corrected chi connectivity index (χ0v) is 15.5. The number of rotatable bonds is 6. The van der Waals surface area contributed by atoms with E-state index in [9.17, 15) is 19.2 Å². The zero-order chi connectivity index (χ0) is 18.7. The highest BCUT2D eigenvalue weighted by atomic mass is 32.1. The van der Waals surface area contributed by atoms with Crippen molar-refractivity contribution in [1.82, 2.24) is 19.6 Å². The van der Waals surface area contributed by atoms with Crippen molar-refractivity contribution in [1.29, 1.82) is 0 Å². The molecule has 2 aliphatic heterocycles. The van der Waals surface area contributed by atoms with Gasteiger partial charge >= 0.3 is 17.8 Å². The number of carbonyl (C=O) groups excluding carboxylic acids is 4. The summed E-state index contributed by atoms with van der Waals surface area (Å²) < 4.78 is 0. The molecule has 0 aliphatic carbocycles. The number of unbranched alkanes of at least 4 members (excludes halogenated alkanes) is 1. The van der Waals surface area contributed by atoms with Gasteiger partial charge in [0.1, 0.15) is 0 Å². The van der Waals surface area contributed by atoms with Crippen LogP contribution in [0.15, 0.2) is 17.5 Å². The minimum Gasteiger partial charge on any atom is -0.335 e. The Morgan fingerprint density at radius 3 is 2.38 bits per heavy atom. The molecule has 0 unspecified atom stereocenters. The summed E-state index contributed by atoms with van der Waals surface area (Å²) in [5.41, 5.74) is 0. The Morgan fingerprint density at radius 2 is 1.77 bits per heavy atom. The van der Waals surface area contributed by atoms with Crippen LogP contribution in [0.1, 0.15) is 29.4 Å². The van der Waals surface area contributed by atoms with Crippen LogP contribution in [-0.4, -0.2) is 82.7 Å². The Hall–Kier alpha value is -2.26. The second-order valence-corrected chi connectivity index (χ2v) is 7.30. The second-order valence-electron chi connectivity index (χ2n) is 6.36. The van der Waals surface area contributed by atoms with Gasteiger partial charge in [0, 0.05) is 32.7 Å². The van der Waals surface area contributed by atoms with Gasteiger partial charge in [-0.05, 0) is 17.9 Å². The number of carbonyl (C=O) groups is 4. The van der Waals surface area contributed by atoms with Gasteiger partial charge in [-0.15, -0.1) is 11.3 Å². The summed E-state index contributed by atoms with van der Waals surface area (Å²) in [7, 11) is 0. The molecular weight excluding hydrogens is 356 g/mol. The topological polar surface area (TPSA) is 81.2 Å². The van der Waals surface area contributed by atoms with E-state index >= 15 is 0 Å². The quantitative estimate of drug-likeness (QED) is 0.546. The van der Waals surface area contributed by atoms with Crippen LogP contribution in [-0.2, 0) is 9.59 Å². The number of hydrogen-bond donors (Lipinski definition) is 0. The molecule has 0 atom stereocenters. The number of imide groups is 2. The standard InChI is InChI=1S/C17H22N4O4S/c1-2-3-6-20-15(23)16(24)21(17(20)25)12-18-7-9-19(10-8-18)14(22)13-5-4-11-26-13/h4-5,11H,2-3,6-10,12H2,1H3. The lowest BCUT2D eigenvalue weighted by Gasteiger charge is -2.35. The smallest absolute Gasteiger partial charge is 0.335 e. The molecule has 2 saturated heterocycles. The highest BCUT2D eigenvalue weighted by Gasteiger charge is 2.44. The number of thiophene rings is 1. The summed E-state index contributed by atoms with van der Waals surface area (Å²) in [4.78, 5) is 55.3. The lowest BCUT2D eigenvalue weighted by Crippen LogP contribution is -2.52. The average Bonchev–Trinajstić information content (AvgIpc) is 3.25. The molecule has 1 aromatic rings. The van der Waals surface area contributed by atoms with Gasteiger partial charge in [-0.2, -0.15) is 0 Å². The first-order valence-corrected chi connectivity index (χ1v) is 9.63. The van der Waals surface area contributed by atoms with E-state index in [1.54, 1.807) is 11.0 Å². The summed E-state index contributed by atoms with van der Waals surface area (Å²) >= 11 is 1.41. The molecule has 9 heteroatoms. The molecule has 140 valence electrons. The maximum atomic E-state index is 12.4. The third-order valence-electron chi connectivity index (χ3n) is 4.60. The first kappa shape index (κ1) is 18.5. The number of urea groups is 1. The van der Waals surface area contributed by atoms with Gasteiger partial charge in [0.2, 0.25) is 0 Å². The van der Waals surface area contributed by atoms with Gasteiger partial charge in [0.05, 0.1) is 11.5 Å². The van der Waals surface area contributed by atoms with Crippen LogP contribution in [0.25, 0.3) is 0 Å². The first-order valence-electron chi connectivity index (χ1n) is 8.75. The van der Waals surface area contributed by atoms with E-state index in [1.165, 1.54) is 11.3 Å². The second kappa shape index (κ2) is 7.96. The Labute approximate surface area is 155 Å². The summed E-state index contributed by atoms with van der Waals surface area (Å²) in [6.07, 6.45) is 1.52. The van der Waals surface area contributed by atoms with Gasteiger partial charge in [-0.3, -0.25) is 24.2 Å². The minimum absolute atomic E-state index is 0.00824. The molecule has 5 amide bonds. The number of amides is 5. The fourth-order valence-corrected chi connectivity index (χ4v) is 3.73. The minimum atomic E-state index is -0.761. The van der Waals surface area contributed by atoms with E-state index in [4.69, 9.17) is 0 Å². The third kappa shape index (κ3) is 3.63. The molecule has 26 heavy (non-hydrogen) atoms. The van der Waals surface area contributed by atoms with Crippen molar-refractivity contribution in [2.45, 2.75) is 19.8 Å². The summed E-state index contributed by atoms with van der Waals surface area (Å²) in [6.45, 7) is 4.49. The maximum Gasteiger partial charge on any atom is 0.335 e. The predicted molar refractivity (Wildman–Crippen MR) is 95.5 cm³/mol. The summed E-state index contributed by atoms with van der Waals surface area (Å²) in [5, 5.41) is 1.87. The van der Waals surface area contributed by atoms with Crippen molar-refractivity contribution in [3.8, 4) is 0 Å². The first-order chi connectivity index (χ1) is 12.5. The van der Waals surface area contributed by atoms with Crippen LogP contribution in [0.3, 0.4) is 0 Å². The predicted octanol–water partition coefficient (Wildman–Crippen LogP) is 1.05. The zero-order valence-electron chi connectivity index (χ0n) is 14.7. The number of nitrogens with zero attached hydrogens (tertiary/aromatic N) is 4. The molecule has 2 aliphatic rings. The lowest BCUT2D eigenvalue weighted by atomic mass is 10.3. The normalized spacial score (nSPS) is 19.0. The van der Waals surface area contributed by atoms with E-state index in [-0.39, 0.29) is 19.1 Å². The van der Waals surface area contributed by atoms with Gasteiger partial charge in [0.15, 0.2) is 0 Å². The summed E-state index contributed by atoms with van der Waals surface area (Å²) in [5.74, 6) is -1.49. The largest absolute Gasteiger partial charge is 0.335 e. The van der Waals surface area contributed by atoms with Crippen LogP contribution < -0.4 is 0 Å². The molecule has 0 radical (unpaired) electrons. The van der Waals surface area contributed by atoms with Gasteiger partial charge in [-0.1, -0.05) is 19.4 Å². The molecule has 0 spiro atoms. The molecule has 1 aromatic heterocycles. The van der Waals surface area contributed by atoms with Crippen LogP contribution in [0.2, 0.25) is 0 Å². The van der Waals surface area contributed by atoms with Crippen LogP contribution in [0.4, 0.5) is 4.79 Å². The SMILES string of the molecule is CCCCN1C(=O)C(=O)N(CN2CCN(C(=O)c3cccs3)CC2)C1=O. The van der Waals surface area contributed by atoms with Crippen LogP contribution >= 0.6 is 11.3 Å². The van der Waals surface area contributed by atoms with Crippen molar-refractivity contribution in [3.05, 3.63) is 22.4 Å². The van der Waals surface area contributed by atoms with E-state index in [0.717, 1.165) is 16.2 Å². The van der Waals surface area contributed by atoms with E-state index in [1.807, 2.05) is 23.3 Å². The highest BCUT2D eigenvalue weighted by Crippen LogP contribution is 2.17. The Morgan fingerprint density at radius 1 is 1.08 bits per heavy atom. The lowest BCUT2D eigenvalue weighted by molar-refractivity contribution is -0.144. The Balaban J connectivity index is 1.54. The molecule has 0 aromatic carbocycles. The maximum absolute atomic E-state index is 12.4. The highest BCUT2D eigenvalue weighted by molar-refractivity contribution is 7.12. The molecule has 0 bridgehead atoms. The molecule has 0 saturated carbocycles. The number of hydrogen-bond acceptors (Lipinski definition) is 6. The average molecular weight is 378 g/mol. The fourth-order valence-electron chi connectivity index (χ4n) is 3.04. The molecule has 3 rings (SSSR count). The third-order valence-corrected chi connectivity index (χ3v) is 5.46. The molecular formula is C17H22N4O4S. The molecule has 2 fully saturated rings. The van der Waals surface area contributed by atoms with Crippen LogP contribution in [0.5, 0.6) is 0 Å². The fraction of sp³-hybridized carbons (Fsp3) is 0.529. The van der Waals surface area contributed by atoms with Crippen molar-refractivity contribution < 1.29 is 19.2 Å². The van der Waals surface area contributed by atoms with Gasteiger partial charge in [-0.25, -0.2) is 9.69 Å². The Bertz CT molecular complexity index is 698. The molecule has 0 N–H and O–H groups in total. The van der Waals surface area contributed by atoms with Crippen molar-refractivity contribution >= 4 is 35.1 Å². The number of piperazine rings is 1. The van der Waals surface area contributed by atoms with Gasteiger partial charge < -0.3 is 4.90 Å². The van der Waals surface area contributed by atoms with Crippen molar-refractivity contribution in [2.24, 2.45) is 0 Å². The van der Waals surface area contributed by atoms with E-state index in [0.29, 0.717) is 37.5 Å². The van der Waals surface area contributed by atoms with Gasteiger partial charge in [0.25, 0.3) is 5.91 Å². The molecule has 8 nitrogen and oxygen atoms in total. The van der Waals surface area contributed by atoms with E-state index < -0.39 is 17.8 Å². The molecule has 3 heterocycles. The Kier molecular flexibility index (Phi) is 5.67. The summed E-state index contributed by atoms with van der Waals surface area (Å²) in [6, 6.07) is 3.11. The monoisotopic (exact) mass is 378 g/mol. The van der Waals surface area contributed by atoms with Crippen molar-refractivity contribution in [2.75, 3.05) is 39.4 Å². The van der Waals surface area contributed by atoms with Crippen LogP contribution in [0, 0.1) is 0 Å².